The maximum atomic E-state index is 5.61. The predicted octanol–water partition coefficient (Wildman–Crippen LogP) is 4.42. The van der Waals surface area contributed by atoms with Crippen molar-refractivity contribution in [2.75, 3.05) is 39.4 Å². The minimum atomic E-state index is 0. The van der Waals surface area contributed by atoms with Crippen molar-refractivity contribution in [3.8, 4) is 0 Å². The Morgan fingerprint density at radius 2 is 2.12 bits per heavy atom. The number of likely N-dealkylation sites (tertiary alicyclic amines) is 1. The van der Waals surface area contributed by atoms with Crippen LogP contribution in [0, 0.1) is 5.92 Å². The van der Waals surface area contributed by atoms with Gasteiger partial charge < -0.3 is 15.0 Å². The Kier molecular flexibility index (Phi) is 8.67. The fraction of sp³-hybridized carbons (Fsp3) is 0.650. The lowest BCUT2D eigenvalue weighted by Crippen LogP contribution is -2.40. The SMILES string of the molecule is CCNC(=NCC1(c2ccccc2Br)CC1)N1CCC(COCC)C1.I. The number of benzene rings is 1. The first kappa shape index (κ1) is 22.0. The number of nitrogens with zero attached hydrogens (tertiary/aromatic N) is 2. The van der Waals surface area contributed by atoms with E-state index in [1.54, 1.807) is 0 Å². The molecule has 146 valence electrons. The molecule has 1 aliphatic carbocycles. The molecule has 1 unspecified atom stereocenters. The summed E-state index contributed by atoms with van der Waals surface area (Å²) >= 11 is 3.72. The number of guanidine groups is 1. The normalized spacial score (nSPS) is 21.4. The molecule has 3 rings (SSSR count). The number of hydrogen-bond acceptors (Lipinski definition) is 2. The first-order valence-electron chi connectivity index (χ1n) is 9.54. The second kappa shape index (κ2) is 10.3. The first-order valence-corrected chi connectivity index (χ1v) is 10.3. The topological polar surface area (TPSA) is 36.9 Å². The zero-order chi connectivity index (χ0) is 17.7. The zero-order valence-electron chi connectivity index (χ0n) is 15.8. The van der Waals surface area contributed by atoms with Crippen LogP contribution in [0.5, 0.6) is 0 Å². The van der Waals surface area contributed by atoms with Gasteiger partial charge in [0.15, 0.2) is 5.96 Å². The zero-order valence-corrected chi connectivity index (χ0v) is 19.8. The van der Waals surface area contributed by atoms with Gasteiger partial charge in [0.05, 0.1) is 13.2 Å². The van der Waals surface area contributed by atoms with Crippen molar-refractivity contribution in [3.05, 3.63) is 34.3 Å². The lowest BCUT2D eigenvalue weighted by Gasteiger charge is -2.23. The van der Waals surface area contributed by atoms with Crippen molar-refractivity contribution in [2.24, 2.45) is 10.9 Å². The van der Waals surface area contributed by atoms with E-state index < -0.39 is 0 Å². The molecule has 1 atom stereocenters. The molecule has 0 bridgehead atoms. The van der Waals surface area contributed by atoms with Crippen molar-refractivity contribution in [2.45, 2.75) is 38.5 Å². The van der Waals surface area contributed by atoms with E-state index in [2.05, 4.69) is 64.3 Å². The van der Waals surface area contributed by atoms with E-state index in [0.29, 0.717) is 5.92 Å². The summed E-state index contributed by atoms with van der Waals surface area (Å²) < 4.78 is 6.82. The summed E-state index contributed by atoms with van der Waals surface area (Å²) in [5, 5.41) is 3.49. The van der Waals surface area contributed by atoms with E-state index in [9.17, 15) is 0 Å². The van der Waals surface area contributed by atoms with Crippen LogP contribution in [0.2, 0.25) is 0 Å². The molecule has 4 nitrogen and oxygen atoms in total. The maximum absolute atomic E-state index is 5.61. The third-order valence-electron chi connectivity index (χ3n) is 5.31. The van der Waals surface area contributed by atoms with E-state index in [0.717, 1.165) is 45.4 Å². The molecule has 2 aliphatic rings. The first-order chi connectivity index (χ1) is 12.2. The fourth-order valence-electron chi connectivity index (χ4n) is 3.65. The highest BCUT2D eigenvalue weighted by atomic mass is 127. The van der Waals surface area contributed by atoms with Crippen LogP contribution in [-0.2, 0) is 10.2 Å². The molecule has 1 heterocycles. The standard InChI is InChI=1S/C20H30BrN3O.HI/c1-3-22-19(24-12-9-16(13-24)14-25-4-2)23-15-20(10-11-20)17-7-5-6-8-18(17)21;/h5-8,16H,3-4,9-15H2,1-2H3,(H,22,23);1H. The highest BCUT2D eigenvalue weighted by molar-refractivity contribution is 14.0. The van der Waals surface area contributed by atoms with Gasteiger partial charge in [-0.25, -0.2) is 0 Å². The molecule has 0 aromatic heterocycles. The van der Waals surface area contributed by atoms with Crippen LogP contribution in [0.3, 0.4) is 0 Å². The molecule has 1 saturated heterocycles. The number of rotatable bonds is 7. The van der Waals surface area contributed by atoms with Crippen molar-refractivity contribution < 1.29 is 4.74 Å². The molecule has 1 saturated carbocycles. The summed E-state index contributed by atoms with van der Waals surface area (Å²) in [4.78, 5) is 7.44. The van der Waals surface area contributed by atoms with Gasteiger partial charge in [0, 0.05) is 42.0 Å². The number of aliphatic imine (C=N–C) groups is 1. The molecule has 0 amide bonds. The van der Waals surface area contributed by atoms with E-state index in [-0.39, 0.29) is 29.4 Å². The largest absolute Gasteiger partial charge is 0.381 e. The van der Waals surface area contributed by atoms with E-state index in [4.69, 9.17) is 9.73 Å². The average Bonchev–Trinajstić information content (AvgIpc) is 3.26. The lowest BCUT2D eigenvalue weighted by molar-refractivity contribution is 0.114. The van der Waals surface area contributed by atoms with Crippen LogP contribution in [-0.4, -0.2) is 50.3 Å². The second-order valence-corrected chi connectivity index (χ2v) is 8.04. The van der Waals surface area contributed by atoms with Gasteiger partial charge in [-0.15, -0.1) is 24.0 Å². The highest BCUT2D eigenvalue weighted by Gasteiger charge is 2.45. The fourth-order valence-corrected chi connectivity index (χ4v) is 4.36. The van der Waals surface area contributed by atoms with Gasteiger partial charge in [-0.3, -0.25) is 4.99 Å². The van der Waals surface area contributed by atoms with E-state index in [1.807, 2.05) is 0 Å². The number of hydrogen-bond donors (Lipinski definition) is 1. The van der Waals surface area contributed by atoms with E-state index >= 15 is 0 Å². The Hall–Kier alpha value is -0.340. The number of ether oxygens (including phenoxy) is 1. The van der Waals surface area contributed by atoms with Gasteiger partial charge in [-0.2, -0.15) is 0 Å². The van der Waals surface area contributed by atoms with Crippen LogP contribution in [0.4, 0.5) is 0 Å². The van der Waals surface area contributed by atoms with Gasteiger partial charge in [0.1, 0.15) is 0 Å². The average molecular weight is 536 g/mol. The Balaban J connectivity index is 0.00000243. The summed E-state index contributed by atoms with van der Waals surface area (Å²) in [6.07, 6.45) is 3.65. The molecule has 1 N–H and O–H groups in total. The molecule has 2 fully saturated rings. The van der Waals surface area contributed by atoms with Crippen LogP contribution < -0.4 is 5.32 Å². The summed E-state index contributed by atoms with van der Waals surface area (Å²) in [5.74, 6) is 1.70. The molecule has 0 spiro atoms. The summed E-state index contributed by atoms with van der Waals surface area (Å²) in [6, 6.07) is 8.60. The quantitative estimate of drug-likeness (QED) is 0.319. The second-order valence-electron chi connectivity index (χ2n) is 7.19. The highest BCUT2D eigenvalue weighted by Crippen LogP contribution is 2.50. The molecule has 6 heteroatoms. The monoisotopic (exact) mass is 535 g/mol. The molecule has 0 radical (unpaired) electrons. The molecular weight excluding hydrogens is 505 g/mol. The Labute approximate surface area is 183 Å². The van der Waals surface area contributed by atoms with Crippen LogP contribution in [0.1, 0.15) is 38.7 Å². The van der Waals surface area contributed by atoms with Crippen LogP contribution in [0.15, 0.2) is 33.7 Å². The third kappa shape index (κ3) is 5.35. The van der Waals surface area contributed by atoms with Crippen LogP contribution >= 0.6 is 39.9 Å². The van der Waals surface area contributed by atoms with Crippen molar-refractivity contribution in [1.82, 2.24) is 10.2 Å². The van der Waals surface area contributed by atoms with Crippen molar-refractivity contribution >= 4 is 45.9 Å². The molecule has 1 aromatic carbocycles. The van der Waals surface area contributed by atoms with Gasteiger partial charge in [0.2, 0.25) is 0 Å². The summed E-state index contributed by atoms with van der Waals surface area (Å²) in [5.41, 5.74) is 1.64. The molecule has 1 aliphatic heterocycles. The van der Waals surface area contributed by atoms with Crippen LogP contribution in [0.25, 0.3) is 0 Å². The van der Waals surface area contributed by atoms with E-state index in [1.165, 1.54) is 29.3 Å². The van der Waals surface area contributed by atoms with Crippen molar-refractivity contribution in [1.29, 1.82) is 0 Å². The predicted molar refractivity (Wildman–Crippen MR) is 123 cm³/mol. The van der Waals surface area contributed by atoms with Gasteiger partial charge in [-0.05, 0) is 44.7 Å². The lowest BCUT2D eigenvalue weighted by atomic mass is 9.96. The smallest absolute Gasteiger partial charge is 0.193 e. The minimum absolute atomic E-state index is 0. The summed E-state index contributed by atoms with van der Waals surface area (Å²) in [7, 11) is 0. The maximum Gasteiger partial charge on any atom is 0.193 e. The molecule has 1 aromatic rings. The van der Waals surface area contributed by atoms with Crippen molar-refractivity contribution in [3.63, 3.8) is 0 Å². The minimum Gasteiger partial charge on any atom is -0.381 e. The molecular formula is C20H31BrIN3O. The molecule has 26 heavy (non-hydrogen) atoms. The summed E-state index contributed by atoms with van der Waals surface area (Å²) in [6.45, 7) is 9.78. The van der Waals surface area contributed by atoms with Gasteiger partial charge in [-0.1, -0.05) is 34.1 Å². The Morgan fingerprint density at radius 3 is 2.77 bits per heavy atom. The van der Waals surface area contributed by atoms with Gasteiger partial charge >= 0.3 is 0 Å². The van der Waals surface area contributed by atoms with Gasteiger partial charge in [0.25, 0.3) is 0 Å². The Bertz CT molecular complexity index is 606. The number of halogens is 2. The third-order valence-corrected chi connectivity index (χ3v) is 6.00. The number of nitrogens with one attached hydrogen (secondary N) is 1. The Morgan fingerprint density at radius 1 is 1.35 bits per heavy atom.